The Morgan fingerprint density at radius 3 is 2.88 bits per heavy atom. The minimum atomic E-state index is -0.0411. The summed E-state index contributed by atoms with van der Waals surface area (Å²) in [4.78, 5) is 16.0. The minimum absolute atomic E-state index is 0.0411. The second-order valence-corrected chi connectivity index (χ2v) is 4.46. The summed E-state index contributed by atoms with van der Waals surface area (Å²) in [5, 5.41) is 6.05. The van der Waals surface area contributed by atoms with Crippen LogP contribution in [0.15, 0.2) is 18.3 Å². The highest BCUT2D eigenvalue weighted by Gasteiger charge is 2.06. The molecule has 0 atom stereocenters. The first-order valence-electron chi connectivity index (χ1n) is 6.11. The van der Waals surface area contributed by atoms with Gasteiger partial charge in [-0.05, 0) is 24.5 Å². The maximum atomic E-state index is 11.8. The number of hydrogen-bond acceptors (Lipinski definition) is 3. The van der Waals surface area contributed by atoms with Crippen LogP contribution in [0.3, 0.4) is 0 Å². The highest BCUT2D eigenvalue weighted by Crippen LogP contribution is 2.06. The molecule has 0 fully saturated rings. The first-order chi connectivity index (χ1) is 8.13. The maximum Gasteiger partial charge on any atom is 0.251 e. The van der Waals surface area contributed by atoms with Gasteiger partial charge in [0.15, 0.2) is 0 Å². The third-order valence-electron chi connectivity index (χ3n) is 2.25. The molecule has 0 spiro atoms. The fourth-order valence-corrected chi connectivity index (χ4v) is 1.32. The van der Waals surface area contributed by atoms with Crippen molar-refractivity contribution in [2.75, 3.05) is 18.4 Å². The van der Waals surface area contributed by atoms with Crippen molar-refractivity contribution >= 4 is 11.7 Å². The molecule has 4 heteroatoms. The van der Waals surface area contributed by atoms with Gasteiger partial charge >= 0.3 is 0 Å². The van der Waals surface area contributed by atoms with Crippen LogP contribution < -0.4 is 10.6 Å². The number of nitrogens with one attached hydrogen (secondary N) is 2. The molecular formula is C13H21N3O. The van der Waals surface area contributed by atoms with Crippen LogP contribution in [-0.2, 0) is 0 Å². The van der Waals surface area contributed by atoms with Crippen molar-refractivity contribution in [3.8, 4) is 0 Å². The van der Waals surface area contributed by atoms with E-state index < -0.39 is 0 Å². The molecule has 1 aromatic rings. The molecule has 1 rings (SSSR count). The highest BCUT2D eigenvalue weighted by molar-refractivity contribution is 5.94. The zero-order chi connectivity index (χ0) is 12.7. The van der Waals surface area contributed by atoms with Crippen LogP contribution in [0.2, 0.25) is 0 Å². The van der Waals surface area contributed by atoms with Gasteiger partial charge in [0.2, 0.25) is 0 Å². The average molecular weight is 235 g/mol. The topological polar surface area (TPSA) is 54.0 Å². The summed E-state index contributed by atoms with van der Waals surface area (Å²) < 4.78 is 0. The number of amides is 1. The Morgan fingerprint density at radius 1 is 1.47 bits per heavy atom. The fourth-order valence-electron chi connectivity index (χ4n) is 1.32. The van der Waals surface area contributed by atoms with Gasteiger partial charge in [0.25, 0.3) is 5.91 Å². The zero-order valence-electron chi connectivity index (χ0n) is 10.8. The lowest BCUT2D eigenvalue weighted by molar-refractivity contribution is 0.0949. The van der Waals surface area contributed by atoms with E-state index in [0.29, 0.717) is 18.0 Å². The van der Waals surface area contributed by atoms with E-state index in [1.807, 2.05) is 0 Å². The van der Waals surface area contributed by atoms with E-state index in [1.165, 1.54) is 0 Å². The number of carbonyl (C=O) groups is 1. The zero-order valence-corrected chi connectivity index (χ0v) is 10.8. The van der Waals surface area contributed by atoms with Crippen LogP contribution in [0.25, 0.3) is 0 Å². The van der Waals surface area contributed by atoms with E-state index in [2.05, 4.69) is 36.4 Å². The van der Waals surface area contributed by atoms with Crippen LogP contribution in [-0.4, -0.2) is 24.0 Å². The summed E-state index contributed by atoms with van der Waals surface area (Å²) in [5.74, 6) is 1.17. The van der Waals surface area contributed by atoms with Gasteiger partial charge in [-0.25, -0.2) is 4.98 Å². The van der Waals surface area contributed by atoms with Gasteiger partial charge in [-0.2, -0.15) is 0 Å². The number of pyridine rings is 1. The normalized spacial score (nSPS) is 10.4. The molecule has 0 radical (unpaired) electrons. The lowest BCUT2D eigenvalue weighted by Gasteiger charge is -2.09. The SMILES string of the molecule is CCCNc1cc(C(=O)NCC(C)C)ccn1. The molecule has 0 aromatic carbocycles. The van der Waals surface area contributed by atoms with Gasteiger partial charge in [-0.15, -0.1) is 0 Å². The van der Waals surface area contributed by atoms with Crippen molar-refractivity contribution in [3.63, 3.8) is 0 Å². The van der Waals surface area contributed by atoms with Crippen molar-refractivity contribution in [1.29, 1.82) is 0 Å². The maximum absolute atomic E-state index is 11.8. The van der Waals surface area contributed by atoms with Crippen molar-refractivity contribution in [3.05, 3.63) is 23.9 Å². The number of aromatic nitrogens is 1. The summed E-state index contributed by atoms with van der Waals surface area (Å²) in [6.45, 7) is 7.79. The summed E-state index contributed by atoms with van der Waals surface area (Å²) in [7, 11) is 0. The Bertz CT molecular complexity index is 363. The van der Waals surface area contributed by atoms with Crippen molar-refractivity contribution in [2.45, 2.75) is 27.2 Å². The molecule has 2 N–H and O–H groups in total. The second-order valence-electron chi connectivity index (χ2n) is 4.46. The Hall–Kier alpha value is -1.58. The Morgan fingerprint density at radius 2 is 2.24 bits per heavy atom. The monoisotopic (exact) mass is 235 g/mol. The number of carbonyl (C=O) groups excluding carboxylic acids is 1. The molecule has 4 nitrogen and oxygen atoms in total. The molecule has 94 valence electrons. The number of hydrogen-bond donors (Lipinski definition) is 2. The van der Waals surface area contributed by atoms with Gasteiger partial charge in [-0.3, -0.25) is 4.79 Å². The molecule has 0 saturated heterocycles. The lowest BCUT2D eigenvalue weighted by Crippen LogP contribution is -2.27. The van der Waals surface area contributed by atoms with Crippen LogP contribution in [0.1, 0.15) is 37.6 Å². The van der Waals surface area contributed by atoms with E-state index in [0.717, 1.165) is 18.8 Å². The van der Waals surface area contributed by atoms with E-state index >= 15 is 0 Å². The number of anilines is 1. The smallest absolute Gasteiger partial charge is 0.251 e. The van der Waals surface area contributed by atoms with Crippen molar-refractivity contribution < 1.29 is 4.79 Å². The van der Waals surface area contributed by atoms with Gasteiger partial charge in [0, 0.05) is 24.8 Å². The molecule has 0 aliphatic carbocycles. The standard InChI is InChI=1S/C13H21N3O/c1-4-6-14-12-8-11(5-7-15-12)13(17)16-9-10(2)3/h5,7-8,10H,4,6,9H2,1-3H3,(H,14,15)(H,16,17). The van der Waals surface area contributed by atoms with E-state index in [4.69, 9.17) is 0 Å². The average Bonchev–Trinajstić information content (AvgIpc) is 2.33. The minimum Gasteiger partial charge on any atom is -0.370 e. The molecule has 0 bridgehead atoms. The third-order valence-corrected chi connectivity index (χ3v) is 2.25. The third kappa shape index (κ3) is 4.85. The molecule has 0 unspecified atom stereocenters. The molecule has 1 aromatic heterocycles. The van der Waals surface area contributed by atoms with Crippen molar-refractivity contribution in [1.82, 2.24) is 10.3 Å². The number of rotatable bonds is 6. The fraction of sp³-hybridized carbons (Fsp3) is 0.538. The summed E-state index contributed by atoms with van der Waals surface area (Å²) >= 11 is 0. The van der Waals surface area contributed by atoms with Crippen LogP contribution in [0.4, 0.5) is 5.82 Å². The van der Waals surface area contributed by atoms with Crippen LogP contribution in [0, 0.1) is 5.92 Å². The lowest BCUT2D eigenvalue weighted by atomic mass is 10.2. The van der Waals surface area contributed by atoms with Gasteiger partial charge in [0.05, 0.1) is 0 Å². The second kappa shape index (κ2) is 6.89. The van der Waals surface area contributed by atoms with E-state index in [-0.39, 0.29) is 5.91 Å². The Kier molecular flexibility index (Phi) is 5.46. The Labute approximate surface area is 103 Å². The first kappa shape index (κ1) is 13.5. The predicted octanol–water partition coefficient (Wildman–Crippen LogP) is 2.29. The molecule has 1 amide bonds. The number of nitrogens with zero attached hydrogens (tertiary/aromatic N) is 1. The first-order valence-corrected chi connectivity index (χ1v) is 6.11. The molecule has 0 aliphatic rings. The molecule has 0 saturated carbocycles. The molecule has 17 heavy (non-hydrogen) atoms. The molecule has 1 heterocycles. The highest BCUT2D eigenvalue weighted by atomic mass is 16.1. The molecule has 0 aliphatic heterocycles. The van der Waals surface area contributed by atoms with Crippen LogP contribution >= 0.6 is 0 Å². The largest absolute Gasteiger partial charge is 0.370 e. The summed E-state index contributed by atoms with van der Waals surface area (Å²) in [6, 6.07) is 3.51. The quantitative estimate of drug-likeness (QED) is 0.795. The van der Waals surface area contributed by atoms with Crippen LogP contribution in [0.5, 0.6) is 0 Å². The summed E-state index contributed by atoms with van der Waals surface area (Å²) in [6.07, 6.45) is 2.69. The van der Waals surface area contributed by atoms with Gasteiger partial charge in [0.1, 0.15) is 5.82 Å². The summed E-state index contributed by atoms with van der Waals surface area (Å²) in [5.41, 5.74) is 0.652. The van der Waals surface area contributed by atoms with Gasteiger partial charge in [-0.1, -0.05) is 20.8 Å². The van der Waals surface area contributed by atoms with Crippen molar-refractivity contribution in [2.24, 2.45) is 5.92 Å². The predicted molar refractivity (Wildman–Crippen MR) is 70.2 cm³/mol. The van der Waals surface area contributed by atoms with E-state index in [9.17, 15) is 4.79 Å². The Balaban J connectivity index is 2.60. The molecular weight excluding hydrogens is 214 g/mol. The van der Waals surface area contributed by atoms with E-state index in [1.54, 1.807) is 18.3 Å². The van der Waals surface area contributed by atoms with Gasteiger partial charge < -0.3 is 10.6 Å².